The first-order chi connectivity index (χ1) is 9.38. The lowest BCUT2D eigenvalue weighted by Gasteiger charge is -2.23. The Morgan fingerprint density at radius 2 is 1.65 bits per heavy atom. The van der Waals surface area contributed by atoms with E-state index in [1.165, 1.54) is 36.8 Å². The van der Waals surface area contributed by atoms with Crippen LogP contribution in [0.25, 0.3) is 0 Å². The summed E-state index contributed by atoms with van der Waals surface area (Å²) in [5.74, 6) is 0.664. The minimum absolute atomic E-state index is 0.230. The summed E-state index contributed by atoms with van der Waals surface area (Å²) in [6, 6.07) is 9.33. The Hall–Kier alpha value is -0.820. The molecule has 0 aliphatic carbocycles. The zero-order valence-electron chi connectivity index (χ0n) is 14.1. The maximum Gasteiger partial charge on any atom is 0.0108 e. The van der Waals surface area contributed by atoms with Crippen LogP contribution >= 0.6 is 0 Å². The van der Waals surface area contributed by atoms with Crippen molar-refractivity contribution in [3.63, 3.8) is 0 Å². The lowest BCUT2D eigenvalue weighted by atomic mass is 9.85. The maximum atomic E-state index is 6.43. The van der Waals surface area contributed by atoms with Crippen molar-refractivity contribution in [2.45, 2.75) is 78.2 Å². The Balaban J connectivity index is 2.63. The molecule has 1 aromatic carbocycles. The van der Waals surface area contributed by atoms with Gasteiger partial charge in [0.25, 0.3) is 0 Å². The van der Waals surface area contributed by atoms with Crippen molar-refractivity contribution in [3.05, 3.63) is 35.4 Å². The standard InChI is InChI=1S/C19H33N/c1-6-8-9-16(7-2)18(20)14-15-10-12-17(13-11-15)19(3,4)5/h10-13,16,18H,6-9,14,20H2,1-5H3. The lowest BCUT2D eigenvalue weighted by molar-refractivity contribution is 0.369. The van der Waals surface area contributed by atoms with Crippen molar-refractivity contribution in [1.82, 2.24) is 0 Å². The highest BCUT2D eigenvalue weighted by atomic mass is 14.6. The summed E-state index contributed by atoms with van der Waals surface area (Å²) in [5.41, 5.74) is 9.43. The molecule has 0 heterocycles. The van der Waals surface area contributed by atoms with Crippen LogP contribution in [0.15, 0.2) is 24.3 Å². The van der Waals surface area contributed by atoms with Gasteiger partial charge in [-0.2, -0.15) is 0 Å². The first kappa shape index (κ1) is 17.2. The molecule has 0 amide bonds. The molecule has 0 saturated carbocycles. The van der Waals surface area contributed by atoms with Gasteiger partial charge in [0, 0.05) is 6.04 Å². The summed E-state index contributed by atoms with van der Waals surface area (Å²) < 4.78 is 0. The largest absolute Gasteiger partial charge is 0.327 e. The average molecular weight is 275 g/mol. The summed E-state index contributed by atoms with van der Waals surface area (Å²) >= 11 is 0. The van der Waals surface area contributed by atoms with E-state index >= 15 is 0 Å². The predicted molar refractivity (Wildman–Crippen MR) is 90.1 cm³/mol. The molecule has 114 valence electrons. The lowest BCUT2D eigenvalue weighted by Crippen LogP contribution is -2.32. The van der Waals surface area contributed by atoms with Crippen molar-refractivity contribution in [2.75, 3.05) is 0 Å². The molecule has 20 heavy (non-hydrogen) atoms. The summed E-state index contributed by atoms with van der Waals surface area (Å²) in [6.07, 6.45) is 6.04. The van der Waals surface area contributed by atoms with E-state index in [0.29, 0.717) is 12.0 Å². The van der Waals surface area contributed by atoms with Gasteiger partial charge in [-0.15, -0.1) is 0 Å². The van der Waals surface area contributed by atoms with Crippen LogP contribution in [0.1, 0.15) is 71.4 Å². The fourth-order valence-electron chi connectivity index (χ4n) is 2.77. The van der Waals surface area contributed by atoms with Gasteiger partial charge < -0.3 is 5.73 Å². The second-order valence-corrected chi connectivity index (χ2v) is 7.13. The molecular formula is C19H33N. The average Bonchev–Trinajstić information content (AvgIpc) is 2.39. The van der Waals surface area contributed by atoms with Crippen molar-refractivity contribution in [2.24, 2.45) is 11.7 Å². The van der Waals surface area contributed by atoms with Crippen molar-refractivity contribution < 1.29 is 0 Å². The molecular weight excluding hydrogens is 242 g/mol. The fraction of sp³-hybridized carbons (Fsp3) is 0.684. The van der Waals surface area contributed by atoms with E-state index in [2.05, 4.69) is 58.9 Å². The molecule has 2 unspecified atom stereocenters. The van der Waals surface area contributed by atoms with Crippen LogP contribution < -0.4 is 5.73 Å². The summed E-state index contributed by atoms with van der Waals surface area (Å²) in [6.45, 7) is 11.3. The van der Waals surface area contributed by atoms with Gasteiger partial charge in [0.05, 0.1) is 0 Å². The normalized spacial score (nSPS) is 15.1. The first-order valence-corrected chi connectivity index (χ1v) is 8.23. The molecule has 0 fully saturated rings. The predicted octanol–water partition coefficient (Wildman–Crippen LogP) is 5.07. The van der Waals surface area contributed by atoms with Crippen molar-refractivity contribution in [1.29, 1.82) is 0 Å². The minimum Gasteiger partial charge on any atom is -0.327 e. The number of hydrogen-bond acceptors (Lipinski definition) is 1. The second-order valence-electron chi connectivity index (χ2n) is 7.13. The molecule has 2 atom stereocenters. The molecule has 1 rings (SSSR count). The first-order valence-electron chi connectivity index (χ1n) is 8.23. The van der Waals surface area contributed by atoms with E-state index in [1.807, 2.05) is 0 Å². The van der Waals surface area contributed by atoms with Gasteiger partial charge in [-0.25, -0.2) is 0 Å². The van der Waals surface area contributed by atoms with Crippen LogP contribution in [-0.4, -0.2) is 6.04 Å². The van der Waals surface area contributed by atoms with E-state index in [-0.39, 0.29) is 5.41 Å². The second kappa shape index (κ2) is 7.83. The monoisotopic (exact) mass is 275 g/mol. The highest BCUT2D eigenvalue weighted by molar-refractivity contribution is 5.28. The Labute approximate surface area is 126 Å². The zero-order valence-corrected chi connectivity index (χ0v) is 14.1. The van der Waals surface area contributed by atoms with Crippen LogP contribution in [0, 0.1) is 5.92 Å². The van der Waals surface area contributed by atoms with Crippen LogP contribution in [0.4, 0.5) is 0 Å². The summed E-state index contributed by atoms with van der Waals surface area (Å²) in [7, 11) is 0. The summed E-state index contributed by atoms with van der Waals surface area (Å²) in [5, 5.41) is 0. The third-order valence-corrected chi connectivity index (χ3v) is 4.35. The van der Waals surface area contributed by atoms with Gasteiger partial charge in [0.1, 0.15) is 0 Å². The van der Waals surface area contributed by atoms with E-state index in [0.717, 1.165) is 6.42 Å². The highest BCUT2D eigenvalue weighted by Crippen LogP contribution is 2.23. The summed E-state index contributed by atoms with van der Waals surface area (Å²) in [4.78, 5) is 0. The number of nitrogens with two attached hydrogens (primary N) is 1. The third kappa shape index (κ3) is 5.28. The SMILES string of the molecule is CCCCC(CC)C(N)Cc1ccc(C(C)(C)C)cc1. The van der Waals surface area contributed by atoms with Gasteiger partial charge in [-0.1, -0.05) is 78.1 Å². The van der Waals surface area contributed by atoms with Gasteiger partial charge in [-0.3, -0.25) is 0 Å². The number of benzene rings is 1. The maximum absolute atomic E-state index is 6.43. The van der Waals surface area contributed by atoms with Crippen LogP contribution in [0.5, 0.6) is 0 Å². The molecule has 0 aliphatic rings. The van der Waals surface area contributed by atoms with Crippen molar-refractivity contribution >= 4 is 0 Å². The quantitative estimate of drug-likeness (QED) is 0.738. The molecule has 0 aromatic heterocycles. The molecule has 0 spiro atoms. The fourth-order valence-corrected chi connectivity index (χ4v) is 2.77. The molecule has 2 N–H and O–H groups in total. The number of rotatable bonds is 7. The Morgan fingerprint density at radius 1 is 1.05 bits per heavy atom. The van der Waals surface area contributed by atoms with Gasteiger partial charge in [0.2, 0.25) is 0 Å². The zero-order chi connectivity index (χ0) is 15.2. The molecule has 0 radical (unpaired) electrons. The smallest absolute Gasteiger partial charge is 0.0108 e. The molecule has 0 bridgehead atoms. The molecule has 0 saturated heterocycles. The molecule has 1 nitrogen and oxygen atoms in total. The topological polar surface area (TPSA) is 26.0 Å². The van der Waals surface area contributed by atoms with Crippen molar-refractivity contribution in [3.8, 4) is 0 Å². The number of hydrogen-bond donors (Lipinski definition) is 1. The van der Waals surface area contributed by atoms with E-state index < -0.39 is 0 Å². The molecule has 1 heteroatoms. The molecule has 1 aromatic rings. The van der Waals surface area contributed by atoms with Crippen LogP contribution in [0.3, 0.4) is 0 Å². The highest BCUT2D eigenvalue weighted by Gasteiger charge is 2.17. The van der Waals surface area contributed by atoms with Gasteiger partial charge in [-0.05, 0) is 35.3 Å². The number of unbranched alkanes of at least 4 members (excludes halogenated alkanes) is 1. The van der Waals surface area contributed by atoms with Crippen LogP contribution in [0.2, 0.25) is 0 Å². The Bertz CT molecular complexity index is 372. The van der Waals surface area contributed by atoms with Gasteiger partial charge >= 0.3 is 0 Å². The van der Waals surface area contributed by atoms with Gasteiger partial charge in [0.15, 0.2) is 0 Å². The van der Waals surface area contributed by atoms with E-state index in [1.54, 1.807) is 0 Å². The molecule has 0 aliphatic heterocycles. The van der Waals surface area contributed by atoms with E-state index in [9.17, 15) is 0 Å². The minimum atomic E-state index is 0.230. The van der Waals surface area contributed by atoms with E-state index in [4.69, 9.17) is 5.73 Å². The Kier molecular flexibility index (Phi) is 6.75. The third-order valence-electron chi connectivity index (χ3n) is 4.35. The van der Waals surface area contributed by atoms with Crippen LogP contribution in [-0.2, 0) is 11.8 Å². The Morgan fingerprint density at radius 3 is 2.10 bits per heavy atom.